The molecule has 3 N–H and O–H groups in total. The number of aromatic nitrogens is 2. The number of primary sulfonamides is 1. The number of hydrogen-bond acceptors (Lipinski definition) is 3. The van der Waals surface area contributed by atoms with E-state index in [1.165, 1.54) is 22.9 Å². The van der Waals surface area contributed by atoms with E-state index in [0.29, 0.717) is 27.6 Å². The van der Waals surface area contributed by atoms with Gasteiger partial charge in [0.05, 0.1) is 22.5 Å². The van der Waals surface area contributed by atoms with Crippen molar-refractivity contribution >= 4 is 32.5 Å². The molecule has 0 amide bonds. The lowest BCUT2D eigenvalue weighted by molar-refractivity contribution is 0.506. The van der Waals surface area contributed by atoms with Gasteiger partial charge >= 0.3 is 0 Å². The van der Waals surface area contributed by atoms with Crippen molar-refractivity contribution in [1.29, 1.82) is 0 Å². The number of sulfonamides is 1. The molecule has 154 valence electrons. The van der Waals surface area contributed by atoms with E-state index in [9.17, 15) is 22.0 Å². The molecule has 10 heteroatoms. The van der Waals surface area contributed by atoms with Crippen molar-refractivity contribution in [3.05, 3.63) is 87.2 Å². The molecule has 6 nitrogen and oxygen atoms in total. The fourth-order valence-corrected chi connectivity index (χ4v) is 4.45. The van der Waals surface area contributed by atoms with Gasteiger partial charge < -0.3 is 0 Å². The Labute approximate surface area is 174 Å². The van der Waals surface area contributed by atoms with Crippen molar-refractivity contribution in [3.8, 4) is 11.1 Å². The maximum absolute atomic E-state index is 13.5. The highest BCUT2D eigenvalue weighted by molar-refractivity contribution is 7.89. The third kappa shape index (κ3) is 3.62. The van der Waals surface area contributed by atoms with Gasteiger partial charge in [0.15, 0.2) is 11.6 Å². The second-order valence-electron chi connectivity index (χ2n) is 6.67. The van der Waals surface area contributed by atoms with Crippen LogP contribution in [0.25, 0.3) is 22.0 Å². The summed E-state index contributed by atoms with van der Waals surface area (Å²) in [6.45, 7) is 0.122. The molecule has 0 bridgehead atoms. The lowest BCUT2D eigenvalue weighted by Crippen LogP contribution is -2.12. The number of H-pyrrole nitrogens is 1. The highest BCUT2D eigenvalue weighted by Crippen LogP contribution is 2.33. The maximum Gasteiger partial charge on any atom is 0.272 e. The number of rotatable bonds is 4. The van der Waals surface area contributed by atoms with Crippen LogP contribution < -0.4 is 10.7 Å². The first-order chi connectivity index (χ1) is 14.1. The Morgan fingerprint density at radius 1 is 1.03 bits per heavy atom. The number of benzene rings is 3. The second kappa shape index (κ2) is 7.35. The van der Waals surface area contributed by atoms with E-state index in [-0.39, 0.29) is 16.5 Å². The normalized spacial score (nSPS) is 11.9. The summed E-state index contributed by atoms with van der Waals surface area (Å²) < 4.78 is 51.5. The second-order valence-corrected chi connectivity index (χ2v) is 8.58. The number of nitrogens with one attached hydrogen (secondary N) is 1. The minimum atomic E-state index is -4.01. The summed E-state index contributed by atoms with van der Waals surface area (Å²) in [4.78, 5) is 12.2. The fourth-order valence-electron chi connectivity index (χ4n) is 3.26. The Morgan fingerprint density at radius 3 is 2.50 bits per heavy atom. The SMILES string of the molecule is NS(=O)(=O)c1cccc(-c2ccc3c(c2)c(=O)[nH]n3Cc2ccc(F)c(F)c2)c1Cl. The van der Waals surface area contributed by atoms with Crippen LogP contribution in [0.1, 0.15) is 5.56 Å². The van der Waals surface area contributed by atoms with Crippen molar-refractivity contribution in [3.63, 3.8) is 0 Å². The summed E-state index contributed by atoms with van der Waals surface area (Å²) in [5.74, 6) is -1.93. The van der Waals surface area contributed by atoms with Crippen molar-refractivity contribution < 1.29 is 17.2 Å². The van der Waals surface area contributed by atoms with Gasteiger partial charge in [0.2, 0.25) is 10.0 Å². The highest BCUT2D eigenvalue weighted by atomic mass is 35.5. The number of fused-ring (bicyclic) bond motifs is 1. The van der Waals surface area contributed by atoms with Gasteiger partial charge in [0.1, 0.15) is 4.90 Å². The molecule has 0 aliphatic carbocycles. The zero-order valence-electron chi connectivity index (χ0n) is 15.2. The largest absolute Gasteiger partial charge is 0.280 e. The Kier molecular flexibility index (Phi) is 4.97. The highest BCUT2D eigenvalue weighted by Gasteiger charge is 2.17. The molecule has 0 fully saturated rings. The molecule has 0 atom stereocenters. The number of nitrogens with two attached hydrogens (primary N) is 1. The van der Waals surface area contributed by atoms with Gasteiger partial charge in [-0.15, -0.1) is 0 Å². The van der Waals surface area contributed by atoms with E-state index in [1.54, 1.807) is 24.3 Å². The Balaban J connectivity index is 1.79. The predicted octanol–water partition coefficient (Wildman–Crippen LogP) is 3.62. The first-order valence-corrected chi connectivity index (χ1v) is 10.6. The van der Waals surface area contributed by atoms with E-state index < -0.39 is 27.2 Å². The molecule has 1 aromatic heterocycles. The summed E-state index contributed by atoms with van der Waals surface area (Å²) in [5.41, 5.74) is 1.53. The van der Waals surface area contributed by atoms with Gasteiger partial charge in [-0.05, 0) is 41.5 Å². The van der Waals surface area contributed by atoms with Crippen molar-refractivity contribution in [2.45, 2.75) is 11.4 Å². The molecule has 4 aromatic rings. The van der Waals surface area contributed by atoms with Gasteiger partial charge in [-0.1, -0.05) is 35.9 Å². The Morgan fingerprint density at radius 2 is 1.80 bits per heavy atom. The van der Waals surface area contributed by atoms with Crippen molar-refractivity contribution in [2.75, 3.05) is 0 Å². The third-order valence-electron chi connectivity index (χ3n) is 4.67. The molecule has 30 heavy (non-hydrogen) atoms. The van der Waals surface area contributed by atoms with Crippen molar-refractivity contribution in [2.24, 2.45) is 5.14 Å². The van der Waals surface area contributed by atoms with Crippen LogP contribution in [0.4, 0.5) is 8.78 Å². The van der Waals surface area contributed by atoms with Crippen LogP contribution in [0, 0.1) is 11.6 Å². The molecule has 3 aromatic carbocycles. The van der Waals surface area contributed by atoms with Gasteiger partial charge in [0.25, 0.3) is 5.56 Å². The molecule has 0 aliphatic rings. The van der Waals surface area contributed by atoms with E-state index in [4.69, 9.17) is 16.7 Å². The van der Waals surface area contributed by atoms with Crippen LogP contribution in [0.15, 0.2) is 64.3 Å². The standard InChI is InChI=1S/C20H14ClF2N3O3S/c21-19-13(2-1-3-18(19)30(24,28)29)12-5-7-17-14(9-12)20(27)25-26(17)10-11-4-6-15(22)16(23)8-11/h1-9H,10H2,(H,25,27)(H2,24,28,29). The fraction of sp³-hybridized carbons (Fsp3) is 0.0500. The van der Waals surface area contributed by atoms with E-state index in [0.717, 1.165) is 12.1 Å². The van der Waals surface area contributed by atoms with Gasteiger partial charge in [-0.2, -0.15) is 0 Å². The molecule has 0 saturated carbocycles. The molecule has 0 aliphatic heterocycles. The average molecular weight is 450 g/mol. The zero-order chi connectivity index (χ0) is 21.6. The Hall–Kier alpha value is -3.01. The number of nitrogens with zero attached hydrogens (tertiary/aromatic N) is 1. The van der Waals surface area contributed by atoms with E-state index >= 15 is 0 Å². The first-order valence-electron chi connectivity index (χ1n) is 8.63. The predicted molar refractivity (Wildman–Crippen MR) is 110 cm³/mol. The first kappa shape index (κ1) is 20.3. The monoisotopic (exact) mass is 449 g/mol. The summed E-state index contributed by atoms with van der Waals surface area (Å²) in [6, 6.07) is 12.8. The van der Waals surface area contributed by atoms with Crippen LogP contribution in [-0.2, 0) is 16.6 Å². The van der Waals surface area contributed by atoms with Gasteiger partial charge in [0, 0.05) is 5.56 Å². The molecule has 4 rings (SSSR count). The van der Waals surface area contributed by atoms with Crippen LogP contribution >= 0.6 is 11.6 Å². The third-order valence-corrected chi connectivity index (χ3v) is 6.15. The molecule has 0 radical (unpaired) electrons. The number of halogens is 3. The zero-order valence-corrected chi connectivity index (χ0v) is 16.8. The topological polar surface area (TPSA) is 98.0 Å². The quantitative estimate of drug-likeness (QED) is 0.497. The van der Waals surface area contributed by atoms with Crippen LogP contribution in [0.2, 0.25) is 5.02 Å². The summed E-state index contributed by atoms with van der Waals surface area (Å²) in [5, 5.41) is 8.14. The summed E-state index contributed by atoms with van der Waals surface area (Å²) in [7, 11) is -4.01. The van der Waals surface area contributed by atoms with E-state index in [2.05, 4.69) is 5.10 Å². The lowest BCUT2D eigenvalue weighted by Gasteiger charge is -2.09. The molecular formula is C20H14ClF2N3O3S. The Bertz CT molecular complexity index is 1460. The van der Waals surface area contributed by atoms with Crippen LogP contribution in [0.5, 0.6) is 0 Å². The summed E-state index contributed by atoms with van der Waals surface area (Å²) >= 11 is 6.24. The lowest BCUT2D eigenvalue weighted by atomic mass is 10.0. The van der Waals surface area contributed by atoms with Crippen LogP contribution in [-0.4, -0.2) is 18.2 Å². The molecular weight excluding hydrogens is 436 g/mol. The number of hydrogen-bond donors (Lipinski definition) is 2. The average Bonchev–Trinajstić information content (AvgIpc) is 2.99. The molecule has 0 saturated heterocycles. The van der Waals surface area contributed by atoms with E-state index in [1.807, 2.05) is 0 Å². The number of aromatic amines is 1. The maximum atomic E-state index is 13.5. The van der Waals surface area contributed by atoms with Gasteiger partial charge in [-0.3, -0.25) is 14.6 Å². The molecule has 0 unspecified atom stereocenters. The minimum Gasteiger partial charge on any atom is -0.280 e. The van der Waals surface area contributed by atoms with Gasteiger partial charge in [-0.25, -0.2) is 22.3 Å². The minimum absolute atomic E-state index is 0.0444. The van der Waals surface area contributed by atoms with Crippen molar-refractivity contribution in [1.82, 2.24) is 9.78 Å². The summed E-state index contributed by atoms with van der Waals surface area (Å²) in [6.07, 6.45) is 0. The van der Waals surface area contributed by atoms with Crippen LogP contribution in [0.3, 0.4) is 0 Å². The molecule has 0 spiro atoms. The smallest absolute Gasteiger partial charge is 0.272 e. The molecule has 1 heterocycles.